The maximum atomic E-state index is 12.0. The van der Waals surface area contributed by atoms with Crippen LogP contribution in [0.4, 0.5) is 5.69 Å². The normalized spacial score (nSPS) is 10.8. The lowest BCUT2D eigenvalue weighted by Gasteiger charge is -2.05. The minimum absolute atomic E-state index is 0.0777. The Morgan fingerprint density at radius 3 is 2.86 bits per heavy atom. The molecule has 0 aliphatic heterocycles. The van der Waals surface area contributed by atoms with E-state index in [1.807, 2.05) is 6.92 Å². The van der Waals surface area contributed by atoms with Crippen molar-refractivity contribution in [3.05, 3.63) is 46.6 Å². The summed E-state index contributed by atoms with van der Waals surface area (Å²) in [4.78, 5) is 22.7. The topological polar surface area (TPSA) is 54.9 Å². The average molecular weight is 350 g/mol. The third-order valence-corrected chi connectivity index (χ3v) is 5.10. The van der Waals surface area contributed by atoms with E-state index in [9.17, 15) is 4.79 Å². The number of halogens is 1. The largest absolute Gasteiger partial charge is 0.325 e. The summed E-state index contributed by atoms with van der Waals surface area (Å²) >= 11 is 8.86. The highest BCUT2D eigenvalue weighted by Gasteiger charge is 2.10. The number of aryl methyl sites for hydroxylation is 1. The SMILES string of the molecule is Cc1cc2c(SCC(=O)Nc3ccc(Cl)cc3)ncnc2s1. The molecule has 0 saturated carbocycles. The number of amides is 1. The summed E-state index contributed by atoms with van der Waals surface area (Å²) in [6.45, 7) is 2.04. The number of benzene rings is 1. The molecular formula is C15H12ClN3OS2. The van der Waals surface area contributed by atoms with Crippen molar-refractivity contribution >= 4 is 56.5 Å². The van der Waals surface area contributed by atoms with Crippen molar-refractivity contribution in [1.82, 2.24) is 9.97 Å². The molecule has 0 radical (unpaired) electrons. The molecule has 0 saturated heterocycles. The molecule has 0 unspecified atom stereocenters. The van der Waals surface area contributed by atoms with Crippen LogP contribution in [-0.4, -0.2) is 21.6 Å². The van der Waals surface area contributed by atoms with E-state index >= 15 is 0 Å². The molecule has 0 spiro atoms. The minimum atomic E-state index is -0.0777. The van der Waals surface area contributed by atoms with Crippen LogP contribution >= 0.6 is 34.7 Å². The number of carbonyl (C=O) groups is 1. The van der Waals surface area contributed by atoms with Crippen molar-refractivity contribution in [3.63, 3.8) is 0 Å². The third-order valence-electron chi connectivity index (χ3n) is 2.88. The first-order chi connectivity index (χ1) is 10.6. The summed E-state index contributed by atoms with van der Waals surface area (Å²) < 4.78 is 0. The number of anilines is 1. The Labute approximate surface area is 140 Å². The number of hydrogen-bond donors (Lipinski definition) is 1. The molecule has 1 N–H and O–H groups in total. The quantitative estimate of drug-likeness (QED) is 0.561. The number of thiophene rings is 1. The fraction of sp³-hybridized carbons (Fsp3) is 0.133. The Hall–Kier alpha value is -1.63. The fourth-order valence-electron chi connectivity index (χ4n) is 1.93. The Morgan fingerprint density at radius 2 is 2.09 bits per heavy atom. The molecule has 1 amide bonds. The van der Waals surface area contributed by atoms with Crippen LogP contribution in [0, 0.1) is 6.92 Å². The second kappa shape index (κ2) is 6.64. The van der Waals surface area contributed by atoms with E-state index in [0.29, 0.717) is 10.8 Å². The molecule has 112 valence electrons. The number of nitrogens with one attached hydrogen (secondary N) is 1. The maximum Gasteiger partial charge on any atom is 0.234 e. The number of hydrogen-bond acceptors (Lipinski definition) is 5. The summed E-state index contributed by atoms with van der Waals surface area (Å²) in [6.07, 6.45) is 1.54. The van der Waals surface area contributed by atoms with Crippen LogP contribution < -0.4 is 5.32 Å². The van der Waals surface area contributed by atoms with Crippen molar-refractivity contribution in [2.75, 3.05) is 11.1 Å². The van der Waals surface area contributed by atoms with Crippen LogP contribution in [0.1, 0.15) is 4.88 Å². The molecule has 1 aromatic carbocycles. The van der Waals surface area contributed by atoms with Gasteiger partial charge in [-0.15, -0.1) is 11.3 Å². The predicted octanol–water partition coefficient (Wildman–Crippen LogP) is 4.38. The van der Waals surface area contributed by atoms with Crippen LogP contribution in [0.25, 0.3) is 10.2 Å². The average Bonchev–Trinajstić information content (AvgIpc) is 2.88. The molecule has 0 atom stereocenters. The zero-order valence-corrected chi connectivity index (χ0v) is 14.1. The Balaban J connectivity index is 1.66. The van der Waals surface area contributed by atoms with Gasteiger partial charge in [-0.1, -0.05) is 23.4 Å². The van der Waals surface area contributed by atoms with Gasteiger partial charge in [-0.05, 0) is 37.3 Å². The maximum absolute atomic E-state index is 12.0. The van der Waals surface area contributed by atoms with Gasteiger partial charge in [-0.2, -0.15) is 0 Å². The Kier molecular flexibility index (Phi) is 4.61. The molecule has 0 bridgehead atoms. The molecule has 0 aliphatic rings. The third kappa shape index (κ3) is 3.58. The predicted molar refractivity (Wildman–Crippen MR) is 93.0 cm³/mol. The van der Waals surface area contributed by atoms with E-state index in [0.717, 1.165) is 20.9 Å². The monoisotopic (exact) mass is 349 g/mol. The Bertz CT molecular complexity index is 817. The summed E-state index contributed by atoms with van der Waals surface area (Å²) in [5.74, 6) is 0.218. The van der Waals surface area contributed by atoms with E-state index in [4.69, 9.17) is 11.6 Å². The highest BCUT2D eigenvalue weighted by Crippen LogP contribution is 2.30. The van der Waals surface area contributed by atoms with Crippen LogP contribution in [0.15, 0.2) is 41.7 Å². The second-order valence-electron chi connectivity index (χ2n) is 4.60. The standard InChI is InChI=1S/C15H12ClN3OS2/c1-9-6-12-14(17-8-18-15(12)22-9)21-7-13(20)19-11-4-2-10(16)3-5-11/h2-6,8H,7H2,1H3,(H,19,20). The summed E-state index contributed by atoms with van der Waals surface area (Å²) in [5, 5.41) is 5.32. The molecule has 3 aromatic rings. The minimum Gasteiger partial charge on any atom is -0.325 e. The van der Waals surface area contributed by atoms with Gasteiger partial charge in [-0.3, -0.25) is 4.79 Å². The lowest BCUT2D eigenvalue weighted by atomic mass is 10.3. The number of thioether (sulfide) groups is 1. The molecule has 4 nitrogen and oxygen atoms in total. The molecular weight excluding hydrogens is 338 g/mol. The Morgan fingerprint density at radius 1 is 1.32 bits per heavy atom. The number of fused-ring (bicyclic) bond motifs is 1. The van der Waals surface area contributed by atoms with Gasteiger partial charge < -0.3 is 5.32 Å². The van der Waals surface area contributed by atoms with Crippen molar-refractivity contribution in [2.24, 2.45) is 0 Å². The smallest absolute Gasteiger partial charge is 0.234 e. The molecule has 2 heterocycles. The molecule has 0 aliphatic carbocycles. The van der Waals surface area contributed by atoms with Crippen molar-refractivity contribution in [1.29, 1.82) is 0 Å². The van der Waals surface area contributed by atoms with Crippen molar-refractivity contribution < 1.29 is 4.79 Å². The zero-order valence-electron chi connectivity index (χ0n) is 11.7. The van der Waals surface area contributed by atoms with Crippen LogP contribution in [0.2, 0.25) is 5.02 Å². The first-order valence-corrected chi connectivity index (χ1v) is 8.69. The highest BCUT2D eigenvalue weighted by molar-refractivity contribution is 8.00. The lowest BCUT2D eigenvalue weighted by molar-refractivity contribution is -0.113. The van der Waals surface area contributed by atoms with Crippen LogP contribution in [0.5, 0.6) is 0 Å². The molecule has 2 aromatic heterocycles. The number of carbonyl (C=O) groups excluding carboxylic acids is 1. The van der Waals surface area contributed by atoms with Gasteiger partial charge in [0.2, 0.25) is 5.91 Å². The van der Waals surface area contributed by atoms with Crippen molar-refractivity contribution in [3.8, 4) is 0 Å². The van der Waals surface area contributed by atoms with E-state index < -0.39 is 0 Å². The first kappa shape index (κ1) is 15.3. The number of nitrogens with zero attached hydrogens (tertiary/aromatic N) is 2. The molecule has 7 heteroatoms. The van der Waals surface area contributed by atoms with Gasteiger partial charge in [0.1, 0.15) is 16.2 Å². The molecule has 0 fully saturated rings. The summed E-state index contributed by atoms with van der Waals surface area (Å²) in [7, 11) is 0. The highest BCUT2D eigenvalue weighted by atomic mass is 35.5. The van der Waals surface area contributed by atoms with E-state index in [1.54, 1.807) is 35.6 Å². The summed E-state index contributed by atoms with van der Waals surface area (Å²) in [5.41, 5.74) is 0.731. The number of aromatic nitrogens is 2. The zero-order chi connectivity index (χ0) is 15.5. The van der Waals surface area contributed by atoms with Crippen LogP contribution in [-0.2, 0) is 4.79 Å². The first-order valence-electron chi connectivity index (χ1n) is 6.51. The number of rotatable bonds is 4. The lowest BCUT2D eigenvalue weighted by Crippen LogP contribution is -2.14. The summed E-state index contributed by atoms with van der Waals surface area (Å²) in [6, 6.07) is 9.09. The molecule has 22 heavy (non-hydrogen) atoms. The van der Waals surface area contributed by atoms with E-state index in [-0.39, 0.29) is 5.91 Å². The van der Waals surface area contributed by atoms with Gasteiger partial charge >= 0.3 is 0 Å². The van der Waals surface area contributed by atoms with Gasteiger partial charge in [-0.25, -0.2) is 9.97 Å². The van der Waals surface area contributed by atoms with Gasteiger partial charge in [0.15, 0.2) is 0 Å². The van der Waals surface area contributed by atoms with E-state index in [1.165, 1.54) is 23.0 Å². The second-order valence-corrected chi connectivity index (χ2v) is 7.23. The van der Waals surface area contributed by atoms with E-state index in [2.05, 4.69) is 21.4 Å². The fourth-order valence-corrected chi connectivity index (χ4v) is 3.74. The van der Waals surface area contributed by atoms with Crippen molar-refractivity contribution in [2.45, 2.75) is 11.9 Å². The van der Waals surface area contributed by atoms with Crippen LogP contribution in [0.3, 0.4) is 0 Å². The van der Waals surface area contributed by atoms with Gasteiger partial charge in [0, 0.05) is 21.0 Å². The molecule has 3 rings (SSSR count). The van der Waals surface area contributed by atoms with Gasteiger partial charge in [0.25, 0.3) is 0 Å². The van der Waals surface area contributed by atoms with Gasteiger partial charge in [0.05, 0.1) is 5.75 Å².